The molecule has 0 N–H and O–H groups in total. The fourth-order valence-corrected chi connectivity index (χ4v) is 4.83. The molecule has 0 bridgehead atoms. The zero-order valence-electron chi connectivity index (χ0n) is 18.3. The monoisotopic (exact) mass is 430 g/mol. The Labute approximate surface area is 186 Å². The van der Waals surface area contributed by atoms with Crippen molar-refractivity contribution in [1.29, 1.82) is 0 Å². The van der Waals surface area contributed by atoms with Crippen molar-refractivity contribution < 1.29 is 28.1 Å². The quantitative estimate of drug-likeness (QED) is 0.457. The van der Waals surface area contributed by atoms with Crippen LogP contribution < -0.4 is 14.0 Å². The smallest absolute Gasteiger partial charge is 0.379 e. The topological polar surface area (TPSA) is 43.8 Å². The van der Waals surface area contributed by atoms with Gasteiger partial charge in [0.15, 0.2) is 26.3 Å². The number of nitrogens with zero attached hydrogens (tertiary/aromatic N) is 2. The fraction of sp³-hybridized carbons (Fsp3) is 0.308. The molecule has 6 rings (SSSR count). The number of ether oxygens (including phenoxy) is 4. The molecule has 0 fully saturated rings. The SMILES string of the molecule is CC(=CC(C)Oc1cc2ccccc2c2[n+]1CCO2)OC1c2ccccc2C2=[N+]1CCO2. The van der Waals surface area contributed by atoms with Gasteiger partial charge in [-0.2, -0.15) is 4.58 Å². The highest BCUT2D eigenvalue weighted by atomic mass is 16.5. The second-order valence-corrected chi connectivity index (χ2v) is 8.38. The second-order valence-electron chi connectivity index (χ2n) is 8.38. The normalized spacial score (nSPS) is 19.8. The summed E-state index contributed by atoms with van der Waals surface area (Å²) in [6.07, 6.45) is 1.69. The van der Waals surface area contributed by atoms with E-state index in [2.05, 4.69) is 39.5 Å². The summed E-state index contributed by atoms with van der Waals surface area (Å²) in [4.78, 5) is 0. The largest absolute Gasteiger partial charge is 0.437 e. The van der Waals surface area contributed by atoms with Gasteiger partial charge in [0.25, 0.3) is 0 Å². The highest BCUT2D eigenvalue weighted by Gasteiger charge is 2.44. The molecule has 3 aromatic rings. The minimum Gasteiger partial charge on any atom is -0.437 e. The van der Waals surface area contributed by atoms with Gasteiger partial charge in [0.1, 0.15) is 17.4 Å². The van der Waals surface area contributed by atoms with Crippen molar-refractivity contribution in [2.45, 2.75) is 32.7 Å². The third-order valence-electron chi connectivity index (χ3n) is 6.18. The van der Waals surface area contributed by atoms with E-state index in [1.54, 1.807) is 0 Å². The first kappa shape index (κ1) is 19.2. The first-order valence-electron chi connectivity index (χ1n) is 11.1. The van der Waals surface area contributed by atoms with Crippen LogP contribution in [0.25, 0.3) is 10.8 Å². The van der Waals surface area contributed by atoms with Gasteiger partial charge in [-0.1, -0.05) is 30.3 Å². The van der Waals surface area contributed by atoms with E-state index in [1.165, 1.54) is 0 Å². The van der Waals surface area contributed by atoms with Gasteiger partial charge in [-0.25, -0.2) is 0 Å². The number of hydrogen-bond donors (Lipinski definition) is 0. The van der Waals surface area contributed by atoms with E-state index in [9.17, 15) is 0 Å². The average molecular weight is 431 g/mol. The lowest BCUT2D eigenvalue weighted by Gasteiger charge is -2.15. The van der Waals surface area contributed by atoms with Crippen LogP contribution >= 0.6 is 0 Å². The number of fused-ring (bicyclic) bond motifs is 5. The van der Waals surface area contributed by atoms with Crippen molar-refractivity contribution >= 4 is 16.7 Å². The van der Waals surface area contributed by atoms with Crippen LogP contribution in [0.5, 0.6) is 11.8 Å². The van der Waals surface area contributed by atoms with E-state index in [-0.39, 0.29) is 12.3 Å². The lowest BCUT2D eigenvalue weighted by molar-refractivity contribution is -0.684. The predicted octanol–water partition coefficient (Wildman–Crippen LogP) is 3.71. The molecule has 1 aromatic heterocycles. The summed E-state index contributed by atoms with van der Waals surface area (Å²) in [5.74, 6) is 3.43. The summed E-state index contributed by atoms with van der Waals surface area (Å²) in [6, 6.07) is 18.6. The van der Waals surface area contributed by atoms with Gasteiger partial charge < -0.3 is 18.9 Å². The maximum absolute atomic E-state index is 6.40. The van der Waals surface area contributed by atoms with Gasteiger partial charge >= 0.3 is 23.9 Å². The maximum atomic E-state index is 6.40. The highest BCUT2D eigenvalue weighted by molar-refractivity contribution is 5.94. The van der Waals surface area contributed by atoms with E-state index in [1.807, 2.05) is 44.2 Å². The molecule has 6 heteroatoms. The van der Waals surface area contributed by atoms with Crippen LogP contribution in [0.3, 0.4) is 0 Å². The van der Waals surface area contributed by atoms with Crippen molar-refractivity contribution in [3.63, 3.8) is 0 Å². The zero-order chi connectivity index (χ0) is 21.7. The lowest BCUT2D eigenvalue weighted by atomic mass is 10.1. The molecular formula is C26H26N2O4+2. The molecule has 4 heterocycles. The summed E-state index contributed by atoms with van der Waals surface area (Å²) >= 11 is 0. The van der Waals surface area contributed by atoms with Crippen LogP contribution in [0.2, 0.25) is 0 Å². The van der Waals surface area contributed by atoms with Gasteiger partial charge in [-0.15, -0.1) is 4.57 Å². The number of aromatic nitrogens is 1. The van der Waals surface area contributed by atoms with Gasteiger partial charge in [0.05, 0.1) is 17.0 Å². The maximum Gasteiger partial charge on any atom is 0.379 e. The highest BCUT2D eigenvalue weighted by Crippen LogP contribution is 2.34. The number of allylic oxidation sites excluding steroid dienone is 1. The molecule has 3 aliphatic heterocycles. The minimum atomic E-state index is -0.167. The predicted molar refractivity (Wildman–Crippen MR) is 119 cm³/mol. The third kappa shape index (κ3) is 3.09. The first-order valence-corrected chi connectivity index (χ1v) is 11.1. The minimum absolute atomic E-state index is 0.164. The molecule has 0 spiro atoms. The Balaban J connectivity index is 1.24. The number of benzene rings is 2. The molecule has 0 saturated heterocycles. The summed E-state index contributed by atoms with van der Waals surface area (Å²) < 4.78 is 28.8. The first-order chi connectivity index (χ1) is 15.7. The average Bonchev–Trinajstić information content (AvgIpc) is 3.52. The van der Waals surface area contributed by atoms with E-state index in [0.29, 0.717) is 13.2 Å². The summed E-state index contributed by atoms with van der Waals surface area (Å²) in [5.41, 5.74) is 2.26. The van der Waals surface area contributed by atoms with Crippen LogP contribution in [0.1, 0.15) is 31.2 Å². The molecule has 0 amide bonds. The van der Waals surface area contributed by atoms with E-state index < -0.39 is 0 Å². The van der Waals surface area contributed by atoms with Crippen molar-refractivity contribution in [3.05, 3.63) is 77.6 Å². The summed E-state index contributed by atoms with van der Waals surface area (Å²) in [5, 5.41) is 2.22. The Bertz CT molecular complexity index is 1280. The van der Waals surface area contributed by atoms with Gasteiger partial charge in [-0.05, 0) is 38.1 Å². The van der Waals surface area contributed by atoms with E-state index in [4.69, 9.17) is 18.9 Å². The Morgan fingerprint density at radius 3 is 2.81 bits per heavy atom. The Morgan fingerprint density at radius 1 is 1.06 bits per heavy atom. The zero-order valence-corrected chi connectivity index (χ0v) is 18.3. The van der Waals surface area contributed by atoms with E-state index >= 15 is 0 Å². The molecule has 2 aromatic carbocycles. The van der Waals surface area contributed by atoms with Crippen LogP contribution in [0, 0.1) is 0 Å². The molecule has 32 heavy (non-hydrogen) atoms. The van der Waals surface area contributed by atoms with Crippen molar-refractivity contribution in [3.8, 4) is 11.8 Å². The lowest BCUT2D eigenvalue weighted by Crippen LogP contribution is -2.34. The van der Waals surface area contributed by atoms with Crippen LogP contribution in [0.15, 0.2) is 66.4 Å². The molecule has 2 atom stereocenters. The van der Waals surface area contributed by atoms with Crippen molar-refractivity contribution in [1.82, 2.24) is 0 Å². The van der Waals surface area contributed by atoms with E-state index in [0.717, 1.165) is 58.4 Å². The Morgan fingerprint density at radius 2 is 1.88 bits per heavy atom. The van der Waals surface area contributed by atoms with Gasteiger partial charge in [0, 0.05) is 5.39 Å². The van der Waals surface area contributed by atoms with Gasteiger partial charge in [0.2, 0.25) is 0 Å². The molecule has 0 saturated carbocycles. The molecule has 3 aliphatic rings. The fourth-order valence-electron chi connectivity index (χ4n) is 4.83. The number of rotatable bonds is 5. The summed E-state index contributed by atoms with van der Waals surface area (Å²) in [7, 11) is 0. The molecular weight excluding hydrogens is 404 g/mol. The Kier molecular flexibility index (Phi) is 4.52. The molecule has 6 nitrogen and oxygen atoms in total. The van der Waals surface area contributed by atoms with Gasteiger partial charge in [-0.3, -0.25) is 0 Å². The van der Waals surface area contributed by atoms with Crippen molar-refractivity contribution in [2.24, 2.45) is 0 Å². The molecule has 0 radical (unpaired) electrons. The molecule has 0 aliphatic carbocycles. The van der Waals surface area contributed by atoms with Crippen LogP contribution in [0.4, 0.5) is 0 Å². The van der Waals surface area contributed by atoms with Crippen molar-refractivity contribution in [2.75, 3.05) is 19.8 Å². The number of hydrogen-bond acceptors (Lipinski definition) is 4. The Hall–Kier alpha value is -3.54. The standard InChI is InChI=1S/C26H26N2O4/c1-17(31-23-16-19-7-3-4-8-20(19)24-27(23)11-13-29-24)15-18(2)32-26-22-10-6-5-9-21(22)25-28(26)12-14-30-25/h3-10,15-17,26H,11-14H2,1-2H3/q+2. The third-order valence-corrected chi connectivity index (χ3v) is 6.18. The molecule has 2 unspecified atom stereocenters. The second kappa shape index (κ2) is 7.55. The van der Waals surface area contributed by atoms with Crippen LogP contribution in [-0.4, -0.2) is 36.3 Å². The number of pyridine rings is 1. The van der Waals surface area contributed by atoms with Crippen LogP contribution in [-0.2, 0) is 16.0 Å². The molecule has 162 valence electrons. The summed E-state index contributed by atoms with van der Waals surface area (Å²) in [6.45, 7) is 6.98.